The van der Waals surface area contributed by atoms with Crippen LogP contribution >= 0.6 is 11.6 Å². The maximum atomic E-state index is 12.7. The second-order valence-corrected chi connectivity index (χ2v) is 8.20. The van der Waals surface area contributed by atoms with E-state index in [0.717, 1.165) is 31.5 Å². The Morgan fingerprint density at radius 3 is 2.34 bits per heavy atom. The lowest BCUT2D eigenvalue weighted by Gasteiger charge is -2.15. The summed E-state index contributed by atoms with van der Waals surface area (Å²) in [6.07, 6.45) is 2.09. The van der Waals surface area contributed by atoms with Crippen molar-refractivity contribution >= 4 is 23.4 Å². The molecule has 1 saturated heterocycles. The van der Waals surface area contributed by atoms with Crippen molar-refractivity contribution in [3.63, 3.8) is 0 Å². The van der Waals surface area contributed by atoms with Gasteiger partial charge in [0, 0.05) is 42.0 Å². The van der Waals surface area contributed by atoms with Gasteiger partial charge in [0.1, 0.15) is 0 Å². The quantitative estimate of drug-likeness (QED) is 0.646. The molecule has 1 aliphatic rings. The summed E-state index contributed by atoms with van der Waals surface area (Å²) in [5.41, 5.74) is 2.11. The van der Waals surface area contributed by atoms with E-state index < -0.39 is 11.3 Å². The number of carbonyl (C=O) groups excluding carboxylic acids is 2. The highest BCUT2D eigenvalue weighted by atomic mass is 35.5. The third-order valence-corrected chi connectivity index (χ3v) is 5.69. The number of amides is 2. The first-order valence-corrected chi connectivity index (χ1v) is 10.8. The lowest BCUT2D eigenvalue weighted by molar-refractivity contribution is 0.0792. The van der Waals surface area contributed by atoms with Crippen LogP contribution in [0.1, 0.15) is 44.9 Å². The van der Waals surface area contributed by atoms with Gasteiger partial charge < -0.3 is 10.2 Å². The van der Waals surface area contributed by atoms with Crippen LogP contribution in [0.4, 0.5) is 0 Å². The Bertz CT molecular complexity index is 1200. The number of aromatic nitrogens is 2. The zero-order chi connectivity index (χ0) is 22.7. The molecule has 2 aromatic carbocycles. The summed E-state index contributed by atoms with van der Waals surface area (Å²) in [4.78, 5) is 39.3. The van der Waals surface area contributed by atoms with Crippen LogP contribution < -0.4 is 10.7 Å². The lowest BCUT2D eigenvalue weighted by atomic mass is 10.1. The molecular formula is C24H23ClN4O3. The van der Waals surface area contributed by atoms with E-state index in [0.29, 0.717) is 22.0 Å². The van der Waals surface area contributed by atoms with Crippen molar-refractivity contribution in [2.75, 3.05) is 13.1 Å². The van der Waals surface area contributed by atoms with Crippen LogP contribution in [0.5, 0.6) is 0 Å². The van der Waals surface area contributed by atoms with Gasteiger partial charge in [-0.3, -0.25) is 14.4 Å². The second kappa shape index (κ2) is 9.36. The van der Waals surface area contributed by atoms with Crippen molar-refractivity contribution in [3.05, 3.63) is 92.4 Å². The summed E-state index contributed by atoms with van der Waals surface area (Å²) in [6.45, 7) is 3.56. The van der Waals surface area contributed by atoms with E-state index in [1.165, 1.54) is 10.7 Å². The van der Waals surface area contributed by atoms with Gasteiger partial charge in [-0.15, -0.1) is 0 Å². The summed E-state index contributed by atoms with van der Waals surface area (Å²) in [5.74, 6) is -0.528. The van der Waals surface area contributed by atoms with Crippen LogP contribution in [0.2, 0.25) is 5.02 Å². The van der Waals surface area contributed by atoms with Gasteiger partial charge in [0.2, 0.25) is 5.43 Å². The lowest BCUT2D eigenvalue weighted by Crippen LogP contribution is -2.31. The summed E-state index contributed by atoms with van der Waals surface area (Å²) >= 11 is 5.94. The minimum Gasteiger partial charge on any atom is -0.346 e. The van der Waals surface area contributed by atoms with Gasteiger partial charge in [-0.25, -0.2) is 4.68 Å². The number of likely N-dealkylation sites (tertiary alicyclic amines) is 1. The molecule has 164 valence electrons. The highest BCUT2D eigenvalue weighted by Crippen LogP contribution is 2.15. The van der Waals surface area contributed by atoms with Crippen molar-refractivity contribution in [2.45, 2.75) is 26.3 Å². The van der Waals surface area contributed by atoms with Crippen LogP contribution in [0.15, 0.2) is 59.4 Å². The molecule has 0 aliphatic carbocycles. The fourth-order valence-electron chi connectivity index (χ4n) is 3.68. The molecule has 0 saturated carbocycles. The van der Waals surface area contributed by atoms with E-state index >= 15 is 0 Å². The number of hydrogen-bond acceptors (Lipinski definition) is 4. The van der Waals surface area contributed by atoms with Gasteiger partial charge in [-0.2, -0.15) is 5.10 Å². The van der Waals surface area contributed by atoms with Gasteiger partial charge in [0.15, 0.2) is 5.69 Å². The second-order valence-electron chi connectivity index (χ2n) is 7.77. The number of nitrogens with one attached hydrogen (secondary N) is 1. The Hall–Kier alpha value is -3.45. The summed E-state index contributed by atoms with van der Waals surface area (Å²) in [5, 5.41) is 7.58. The third-order valence-electron chi connectivity index (χ3n) is 5.44. The van der Waals surface area contributed by atoms with Gasteiger partial charge in [0.05, 0.1) is 5.69 Å². The Morgan fingerprint density at radius 1 is 1.03 bits per heavy atom. The number of carbonyl (C=O) groups is 2. The minimum atomic E-state index is -0.560. The number of nitrogens with zero attached hydrogens (tertiary/aromatic N) is 3. The predicted octanol–water partition coefficient (Wildman–Crippen LogP) is 3.36. The molecule has 8 heteroatoms. The topological polar surface area (TPSA) is 84.3 Å². The summed E-state index contributed by atoms with van der Waals surface area (Å²) < 4.78 is 1.53. The number of rotatable bonds is 5. The SMILES string of the molecule is Cc1cc(=O)c(C(=O)NCc2ccc(C(=O)N3CCCC3)cc2)nn1-c1ccc(Cl)cc1. The molecule has 1 N–H and O–H groups in total. The van der Waals surface area contributed by atoms with Crippen molar-refractivity contribution in [1.82, 2.24) is 20.0 Å². The fraction of sp³-hybridized carbons (Fsp3) is 0.250. The average molecular weight is 451 g/mol. The molecular weight excluding hydrogens is 428 g/mol. The standard InChI is InChI=1S/C24H23ClN4O3/c1-16-14-21(30)22(27-29(16)20-10-8-19(25)9-11-20)23(31)26-15-17-4-6-18(7-5-17)24(32)28-12-2-3-13-28/h4-11,14H,2-3,12-13,15H2,1H3,(H,26,31). The van der Waals surface area contributed by atoms with Gasteiger partial charge in [0.25, 0.3) is 11.8 Å². The van der Waals surface area contributed by atoms with Crippen LogP contribution in [0, 0.1) is 6.92 Å². The number of aryl methyl sites for hydroxylation is 1. The first-order chi connectivity index (χ1) is 15.4. The van der Waals surface area contributed by atoms with Crippen LogP contribution in [-0.2, 0) is 6.54 Å². The third kappa shape index (κ3) is 4.73. The molecule has 0 atom stereocenters. The maximum absolute atomic E-state index is 12.7. The highest BCUT2D eigenvalue weighted by molar-refractivity contribution is 6.30. The summed E-state index contributed by atoms with van der Waals surface area (Å²) in [7, 11) is 0. The fourth-order valence-corrected chi connectivity index (χ4v) is 3.81. The van der Waals surface area contributed by atoms with Gasteiger partial charge in [-0.1, -0.05) is 23.7 Å². The molecule has 0 bridgehead atoms. The normalized spacial score (nSPS) is 13.2. The van der Waals surface area contributed by atoms with Crippen LogP contribution in [-0.4, -0.2) is 39.6 Å². The predicted molar refractivity (Wildman–Crippen MR) is 122 cm³/mol. The van der Waals surface area contributed by atoms with E-state index in [2.05, 4.69) is 10.4 Å². The highest BCUT2D eigenvalue weighted by Gasteiger charge is 2.19. The van der Waals surface area contributed by atoms with Gasteiger partial charge in [-0.05, 0) is 61.7 Å². The molecule has 4 rings (SSSR count). The Balaban J connectivity index is 1.46. The van der Waals surface area contributed by atoms with E-state index in [1.807, 2.05) is 4.90 Å². The molecule has 1 aliphatic heterocycles. The maximum Gasteiger partial charge on any atom is 0.276 e. The minimum absolute atomic E-state index is 0.0321. The smallest absolute Gasteiger partial charge is 0.276 e. The van der Waals surface area contributed by atoms with E-state index in [-0.39, 0.29) is 18.1 Å². The van der Waals surface area contributed by atoms with Crippen LogP contribution in [0.3, 0.4) is 0 Å². The molecule has 2 heterocycles. The van der Waals surface area contributed by atoms with E-state index in [1.54, 1.807) is 55.5 Å². The Kier molecular flexibility index (Phi) is 6.37. The van der Waals surface area contributed by atoms with Crippen molar-refractivity contribution in [2.24, 2.45) is 0 Å². The first kappa shape index (κ1) is 21.8. The first-order valence-electron chi connectivity index (χ1n) is 10.5. The zero-order valence-electron chi connectivity index (χ0n) is 17.7. The molecule has 0 unspecified atom stereocenters. The Labute approximate surface area is 190 Å². The largest absolute Gasteiger partial charge is 0.346 e. The van der Waals surface area contributed by atoms with Gasteiger partial charge >= 0.3 is 0 Å². The van der Waals surface area contributed by atoms with E-state index in [4.69, 9.17) is 11.6 Å². The average Bonchev–Trinajstić information content (AvgIpc) is 3.33. The van der Waals surface area contributed by atoms with Crippen molar-refractivity contribution in [1.29, 1.82) is 0 Å². The number of hydrogen-bond donors (Lipinski definition) is 1. The molecule has 32 heavy (non-hydrogen) atoms. The molecule has 0 radical (unpaired) electrons. The van der Waals surface area contributed by atoms with Crippen molar-refractivity contribution in [3.8, 4) is 5.69 Å². The summed E-state index contributed by atoms with van der Waals surface area (Å²) in [6, 6.07) is 15.5. The molecule has 2 amide bonds. The number of halogens is 1. The Morgan fingerprint density at radius 2 is 1.69 bits per heavy atom. The molecule has 3 aromatic rings. The van der Waals surface area contributed by atoms with Crippen LogP contribution in [0.25, 0.3) is 5.69 Å². The monoisotopic (exact) mass is 450 g/mol. The molecule has 7 nitrogen and oxygen atoms in total. The van der Waals surface area contributed by atoms with Crippen molar-refractivity contribution < 1.29 is 9.59 Å². The molecule has 1 aromatic heterocycles. The molecule has 1 fully saturated rings. The molecule has 0 spiro atoms. The van der Waals surface area contributed by atoms with E-state index in [9.17, 15) is 14.4 Å². The zero-order valence-corrected chi connectivity index (χ0v) is 18.4. The number of benzene rings is 2.